The van der Waals surface area contributed by atoms with Crippen LogP contribution in [0.25, 0.3) is 0 Å². The monoisotopic (exact) mass is 273 g/mol. The van der Waals surface area contributed by atoms with Gasteiger partial charge in [0.15, 0.2) is 5.69 Å². The van der Waals surface area contributed by atoms with Crippen LogP contribution in [0.1, 0.15) is 24.0 Å². The third-order valence-electron chi connectivity index (χ3n) is 2.56. The third kappa shape index (κ3) is 3.57. The summed E-state index contributed by atoms with van der Waals surface area (Å²) < 4.78 is 38.7. The Labute approximate surface area is 107 Å². The van der Waals surface area contributed by atoms with Gasteiger partial charge in [-0.3, -0.25) is 9.78 Å². The van der Waals surface area contributed by atoms with Gasteiger partial charge in [-0.2, -0.15) is 23.4 Å². The maximum absolute atomic E-state index is 12.3. The zero-order valence-corrected chi connectivity index (χ0v) is 10.3. The molecular weight excluding hydrogens is 259 g/mol. The Morgan fingerprint density at radius 1 is 1.37 bits per heavy atom. The smallest absolute Gasteiger partial charge is 0.305 e. The number of rotatable bonds is 5. The fourth-order valence-corrected chi connectivity index (χ4v) is 1.60. The van der Waals surface area contributed by atoms with Crippen LogP contribution in [-0.2, 0) is 25.8 Å². The highest BCUT2D eigenvalue weighted by molar-refractivity contribution is 5.11. The molecule has 2 rings (SSSR count). The van der Waals surface area contributed by atoms with Crippen LogP contribution in [0.15, 0.2) is 18.3 Å². The van der Waals surface area contributed by atoms with Crippen molar-refractivity contribution in [2.24, 2.45) is 0 Å². The number of hydrogen-bond acceptors (Lipinski definition) is 3. The minimum atomic E-state index is -4.41. The largest absolute Gasteiger partial charge is 0.435 e. The normalized spacial score (nSPS) is 12.0. The maximum atomic E-state index is 12.3. The van der Waals surface area contributed by atoms with E-state index in [1.807, 2.05) is 19.2 Å². The van der Waals surface area contributed by atoms with Crippen LogP contribution in [0.2, 0.25) is 0 Å². The minimum absolute atomic E-state index is 0.280. The number of aromatic amines is 1. The summed E-state index contributed by atoms with van der Waals surface area (Å²) in [5, 5.41) is 12.8. The first-order valence-electron chi connectivity index (χ1n) is 5.83. The molecule has 0 unspecified atom stereocenters. The van der Waals surface area contributed by atoms with Crippen molar-refractivity contribution in [2.75, 3.05) is 0 Å². The summed E-state index contributed by atoms with van der Waals surface area (Å²) in [6, 6.07) is 2.86. The van der Waals surface area contributed by atoms with Crippen LogP contribution in [0, 0.1) is 0 Å². The number of nitrogens with zero attached hydrogens (tertiary/aromatic N) is 3. The van der Waals surface area contributed by atoms with Gasteiger partial charge in [0.2, 0.25) is 0 Å². The van der Waals surface area contributed by atoms with E-state index in [-0.39, 0.29) is 6.54 Å². The predicted molar refractivity (Wildman–Crippen MR) is 62.0 cm³/mol. The van der Waals surface area contributed by atoms with E-state index in [1.54, 1.807) is 4.68 Å². The molecular formula is C11H14F3N5. The molecule has 0 saturated heterocycles. The lowest BCUT2D eigenvalue weighted by Crippen LogP contribution is -2.13. The SMILES string of the molecule is CCn1ccc(CNCc2cc(C(F)(F)F)n[nH]2)n1. The highest BCUT2D eigenvalue weighted by Gasteiger charge is 2.33. The van der Waals surface area contributed by atoms with E-state index < -0.39 is 11.9 Å². The van der Waals surface area contributed by atoms with Gasteiger partial charge >= 0.3 is 6.18 Å². The summed E-state index contributed by atoms with van der Waals surface area (Å²) in [6.07, 6.45) is -2.55. The molecule has 0 bridgehead atoms. The summed E-state index contributed by atoms with van der Waals surface area (Å²) in [7, 11) is 0. The van der Waals surface area contributed by atoms with E-state index in [0.717, 1.165) is 18.3 Å². The molecule has 0 aliphatic carbocycles. The second kappa shape index (κ2) is 5.43. The Bertz CT molecular complexity index is 528. The molecule has 2 N–H and O–H groups in total. The molecule has 0 aromatic carbocycles. The summed E-state index contributed by atoms with van der Waals surface area (Å²) in [4.78, 5) is 0. The number of hydrogen-bond donors (Lipinski definition) is 2. The van der Waals surface area contributed by atoms with E-state index in [2.05, 4.69) is 20.6 Å². The second-order valence-corrected chi connectivity index (χ2v) is 4.04. The van der Waals surface area contributed by atoms with Crippen LogP contribution in [0.4, 0.5) is 13.2 Å². The fraction of sp³-hybridized carbons (Fsp3) is 0.455. The van der Waals surface area contributed by atoms with Crippen LogP contribution >= 0.6 is 0 Å². The Kier molecular flexibility index (Phi) is 3.89. The molecule has 2 heterocycles. The Morgan fingerprint density at radius 2 is 2.16 bits per heavy atom. The number of aryl methyl sites for hydroxylation is 1. The molecule has 0 amide bonds. The predicted octanol–water partition coefficient (Wildman–Crippen LogP) is 1.93. The van der Waals surface area contributed by atoms with Gasteiger partial charge in [-0.15, -0.1) is 0 Å². The Morgan fingerprint density at radius 3 is 2.74 bits per heavy atom. The topological polar surface area (TPSA) is 58.5 Å². The number of nitrogens with one attached hydrogen (secondary N) is 2. The Balaban J connectivity index is 1.84. The zero-order chi connectivity index (χ0) is 13.9. The van der Waals surface area contributed by atoms with Crippen molar-refractivity contribution >= 4 is 0 Å². The van der Waals surface area contributed by atoms with Gasteiger partial charge in [-0.25, -0.2) is 0 Å². The molecule has 8 heteroatoms. The average molecular weight is 273 g/mol. The van der Waals surface area contributed by atoms with E-state index in [1.165, 1.54) is 0 Å². The summed E-state index contributed by atoms with van der Waals surface area (Å²) in [6.45, 7) is 3.54. The van der Waals surface area contributed by atoms with Gasteiger partial charge in [0.1, 0.15) is 0 Å². The Hall–Kier alpha value is -1.83. The van der Waals surface area contributed by atoms with Crippen molar-refractivity contribution in [2.45, 2.75) is 32.7 Å². The molecule has 0 radical (unpaired) electrons. The number of halogens is 3. The van der Waals surface area contributed by atoms with Crippen LogP contribution in [0.3, 0.4) is 0 Å². The van der Waals surface area contributed by atoms with Crippen molar-refractivity contribution in [3.05, 3.63) is 35.4 Å². The molecule has 5 nitrogen and oxygen atoms in total. The van der Waals surface area contributed by atoms with Gasteiger partial charge in [-0.05, 0) is 19.1 Å². The van der Waals surface area contributed by atoms with E-state index in [4.69, 9.17) is 0 Å². The zero-order valence-electron chi connectivity index (χ0n) is 10.3. The summed E-state index contributed by atoms with van der Waals surface area (Å²) >= 11 is 0. The molecule has 0 atom stereocenters. The van der Waals surface area contributed by atoms with Crippen LogP contribution in [-0.4, -0.2) is 20.0 Å². The molecule has 19 heavy (non-hydrogen) atoms. The van der Waals surface area contributed by atoms with E-state index >= 15 is 0 Å². The van der Waals surface area contributed by atoms with Crippen molar-refractivity contribution in [3.8, 4) is 0 Å². The lowest BCUT2D eigenvalue weighted by molar-refractivity contribution is -0.141. The minimum Gasteiger partial charge on any atom is -0.305 e. The van der Waals surface area contributed by atoms with Gasteiger partial charge in [0, 0.05) is 31.5 Å². The maximum Gasteiger partial charge on any atom is 0.435 e. The van der Waals surface area contributed by atoms with Crippen LogP contribution < -0.4 is 5.32 Å². The molecule has 0 aliphatic rings. The van der Waals surface area contributed by atoms with Gasteiger partial charge < -0.3 is 5.32 Å². The standard InChI is InChI=1S/C11H14F3N5/c1-2-19-4-3-8(18-19)6-15-7-9-5-10(17-16-9)11(12,13)14/h3-5,15H,2,6-7H2,1H3,(H,16,17). The summed E-state index contributed by atoms with van der Waals surface area (Å²) in [5.74, 6) is 0. The molecule has 0 fully saturated rings. The number of alkyl halides is 3. The first-order valence-corrected chi connectivity index (χ1v) is 5.83. The first-order chi connectivity index (χ1) is 8.99. The van der Waals surface area contributed by atoms with Crippen LogP contribution in [0.5, 0.6) is 0 Å². The lowest BCUT2D eigenvalue weighted by atomic mass is 10.3. The van der Waals surface area contributed by atoms with Gasteiger partial charge in [-0.1, -0.05) is 0 Å². The molecule has 2 aromatic rings. The van der Waals surface area contributed by atoms with Crippen molar-refractivity contribution < 1.29 is 13.2 Å². The van der Waals surface area contributed by atoms with Gasteiger partial charge in [0.25, 0.3) is 0 Å². The van der Waals surface area contributed by atoms with Crippen molar-refractivity contribution in [1.82, 2.24) is 25.3 Å². The van der Waals surface area contributed by atoms with Gasteiger partial charge in [0.05, 0.1) is 5.69 Å². The number of aromatic nitrogens is 4. The molecule has 0 saturated carbocycles. The number of H-pyrrole nitrogens is 1. The fourth-order valence-electron chi connectivity index (χ4n) is 1.60. The molecule has 104 valence electrons. The third-order valence-corrected chi connectivity index (χ3v) is 2.56. The van der Waals surface area contributed by atoms with Crippen molar-refractivity contribution in [1.29, 1.82) is 0 Å². The summed E-state index contributed by atoms with van der Waals surface area (Å²) in [5.41, 5.74) is 0.333. The van der Waals surface area contributed by atoms with E-state index in [9.17, 15) is 13.2 Å². The van der Waals surface area contributed by atoms with Crippen molar-refractivity contribution in [3.63, 3.8) is 0 Å². The average Bonchev–Trinajstić information content (AvgIpc) is 2.96. The molecule has 0 aliphatic heterocycles. The molecule has 0 spiro atoms. The molecule has 2 aromatic heterocycles. The highest BCUT2D eigenvalue weighted by Crippen LogP contribution is 2.27. The quantitative estimate of drug-likeness (QED) is 0.875. The highest BCUT2D eigenvalue weighted by atomic mass is 19.4. The lowest BCUT2D eigenvalue weighted by Gasteiger charge is -2.00. The van der Waals surface area contributed by atoms with E-state index in [0.29, 0.717) is 12.2 Å². The first kappa shape index (κ1) is 13.6. The second-order valence-electron chi connectivity index (χ2n) is 4.04.